The molecule has 0 heterocycles. The number of hydrogen-bond donors (Lipinski definition) is 1. The van der Waals surface area contributed by atoms with Gasteiger partial charge in [0.05, 0.1) is 13.2 Å². The highest BCUT2D eigenvalue weighted by molar-refractivity contribution is 5.87. The van der Waals surface area contributed by atoms with E-state index in [-0.39, 0.29) is 13.2 Å². The Morgan fingerprint density at radius 3 is 2.56 bits per heavy atom. The number of carbonyl (C=O) groups is 1. The van der Waals surface area contributed by atoms with Gasteiger partial charge in [-0.3, -0.25) is 0 Å². The molecule has 2 aromatic rings. The Bertz CT molecular complexity index is 736. The van der Waals surface area contributed by atoms with Gasteiger partial charge in [0, 0.05) is 5.57 Å². The molecule has 1 atom stereocenters. The summed E-state index contributed by atoms with van der Waals surface area (Å²) in [6.07, 6.45) is 0. The van der Waals surface area contributed by atoms with Gasteiger partial charge in [-0.25, -0.2) is 4.79 Å². The first-order valence-electron chi connectivity index (χ1n) is 8.12. The van der Waals surface area contributed by atoms with Crippen molar-refractivity contribution in [1.29, 1.82) is 0 Å². The average molecular weight is 344 g/mol. The molecule has 0 radical (unpaired) electrons. The van der Waals surface area contributed by atoms with E-state index in [9.17, 15) is 9.90 Å². The maximum atomic E-state index is 11.3. The zero-order valence-corrected chi connectivity index (χ0v) is 14.7. The Balaban J connectivity index is 1.69. The first kappa shape index (κ1) is 19.0. The van der Waals surface area contributed by atoms with Crippen LogP contribution in [0.4, 0.5) is 0 Å². The Kier molecular flexibility index (Phi) is 6.56. The lowest BCUT2D eigenvalue weighted by molar-refractivity contribution is -0.149. The Labute approximate surface area is 147 Å². The monoisotopic (exact) mass is 344 g/mol. The van der Waals surface area contributed by atoms with Crippen LogP contribution < -0.4 is 4.74 Å². The molecule has 2 rings (SSSR count). The second-order valence-electron chi connectivity index (χ2n) is 6.26. The summed E-state index contributed by atoms with van der Waals surface area (Å²) in [5, 5.41) is 12.4. The molecule has 5 nitrogen and oxygen atoms in total. The van der Waals surface area contributed by atoms with Crippen molar-refractivity contribution in [2.75, 3.05) is 26.4 Å². The number of hydrogen-bond acceptors (Lipinski definition) is 5. The van der Waals surface area contributed by atoms with E-state index in [1.54, 1.807) is 13.8 Å². The highest BCUT2D eigenvalue weighted by atomic mass is 16.6. The third kappa shape index (κ3) is 6.21. The molecule has 1 unspecified atom stereocenters. The van der Waals surface area contributed by atoms with Gasteiger partial charge >= 0.3 is 5.97 Å². The van der Waals surface area contributed by atoms with Gasteiger partial charge in [0.15, 0.2) is 0 Å². The zero-order chi connectivity index (χ0) is 18.3. The van der Waals surface area contributed by atoms with Crippen molar-refractivity contribution in [2.24, 2.45) is 0 Å². The van der Waals surface area contributed by atoms with Crippen molar-refractivity contribution < 1.29 is 24.1 Å². The van der Waals surface area contributed by atoms with Gasteiger partial charge < -0.3 is 19.3 Å². The van der Waals surface area contributed by atoms with E-state index in [4.69, 9.17) is 14.2 Å². The highest BCUT2D eigenvalue weighted by Crippen LogP contribution is 2.20. The lowest BCUT2D eigenvalue weighted by atomic mass is 10.1. The summed E-state index contributed by atoms with van der Waals surface area (Å²) >= 11 is 0. The normalized spacial score (nSPS) is 13.2. The fourth-order valence-corrected chi connectivity index (χ4v) is 2.15. The molecule has 2 aromatic carbocycles. The molecule has 0 amide bonds. The van der Waals surface area contributed by atoms with Gasteiger partial charge in [0.1, 0.15) is 24.6 Å². The SMILES string of the molecule is C=C(C)C(=O)OCC(C)(O)COCCOc1ccc2ccccc2c1. The molecule has 0 aliphatic heterocycles. The van der Waals surface area contributed by atoms with Crippen LogP contribution in [0.25, 0.3) is 10.8 Å². The number of benzene rings is 2. The molecule has 0 fully saturated rings. The van der Waals surface area contributed by atoms with Crippen molar-refractivity contribution >= 4 is 16.7 Å². The molecule has 0 aliphatic rings. The predicted molar refractivity (Wildman–Crippen MR) is 96.7 cm³/mol. The van der Waals surface area contributed by atoms with E-state index >= 15 is 0 Å². The fourth-order valence-electron chi connectivity index (χ4n) is 2.15. The van der Waals surface area contributed by atoms with Crippen molar-refractivity contribution in [3.05, 3.63) is 54.6 Å². The first-order chi connectivity index (χ1) is 11.9. The lowest BCUT2D eigenvalue weighted by Gasteiger charge is -2.22. The second-order valence-corrected chi connectivity index (χ2v) is 6.26. The van der Waals surface area contributed by atoms with Crippen LogP contribution in [0.5, 0.6) is 5.75 Å². The van der Waals surface area contributed by atoms with Crippen LogP contribution in [0.1, 0.15) is 13.8 Å². The summed E-state index contributed by atoms with van der Waals surface area (Å²) in [4.78, 5) is 11.3. The van der Waals surface area contributed by atoms with Crippen LogP contribution in [0, 0.1) is 0 Å². The van der Waals surface area contributed by atoms with Crippen molar-refractivity contribution in [2.45, 2.75) is 19.4 Å². The van der Waals surface area contributed by atoms with Crippen LogP contribution in [-0.2, 0) is 14.3 Å². The largest absolute Gasteiger partial charge is 0.491 e. The maximum Gasteiger partial charge on any atom is 0.333 e. The van der Waals surface area contributed by atoms with E-state index in [2.05, 4.69) is 6.58 Å². The number of ether oxygens (including phenoxy) is 3. The molecule has 1 N–H and O–H groups in total. The number of rotatable bonds is 9. The van der Waals surface area contributed by atoms with Crippen LogP contribution in [0.2, 0.25) is 0 Å². The highest BCUT2D eigenvalue weighted by Gasteiger charge is 2.23. The fraction of sp³-hybridized carbons (Fsp3) is 0.350. The molecule has 0 saturated carbocycles. The summed E-state index contributed by atoms with van der Waals surface area (Å²) in [7, 11) is 0. The lowest BCUT2D eigenvalue weighted by Crippen LogP contribution is -2.37. The van der Waals surface area contributed by atoms with Crippen molar-refractivity contribution in [3.63, 3.8) is 0 Å². The Morgan fingerprint density at radius 2 is 1.84 bits per heavy atom. The molecule has 25 heavy (non-hydrogen) atoms. The van der Waals surface area contributed by atoms with Crippen LogP contribution >= 0.6 is 0 Å². The third-order valence-corrected chi connectivity index (χ3v) is 3.49. The minimum Gasteiger partial charge on any atom is -0.491 e. The van der Waals surface area contributed by atoms with E-state index in [0.29, 0.717) is 18.8 Å². The summed E-state index contributed by atoms with van der Waals surface area (Å²) in [6.45, 7) is 7.15. The van der Waals surface area contributed by atoms with Crippen LogP contribution in [-0.4, -0.2) is 43.1 Å². The number of fused-ring (bicyclic) bond motifs is 1. The molecule has 0 aliphatic carbocycles. The maximum absolute atomic E-state index is 11.3. The number of esters is 1. The quantitative estimate of drug-likeness (QED) is 0.430. The summed E-state index contributed by atoms with van der Waals surface area (Å²) < 4.78 is 16.0. The zero-order valence-electron chi connectivity index (χ0n) is 14.7. The van der Waals surface area contributed by atoms with Gasteiger partial charge in [0.25, 0.3) is 0 Å². The smallest absolute Gasteiger partial charge is 0.333 e. The Hall–Kier alpha value is -2.37. The average Bonchev–Trinajstić information content (AvgIpc) is 2.59. The number of aliphatic hydroxyl groups is 1. The van der Waals surface area contributed by atoms with Crippen molar-refractivity contribution in [1.82, 2.24) is 0 Å². The minimum absolute atomic E-state index is 0.0392. The van der Waals surface area contributed by atoms with E-state index in [0.717, 1.165) is 16.5 Å². The molecule has 5 heteroatoms. The van der Waals surface area contributed by atoms with Crippen LogP contribution in [0.3, 0.4) is 0 Å². The molecule has 0 bridgehead atoms. The second kappa shape index (κ2) is 8.65. The van der Waals surface area contributed by atoms with E-state index < -0.39 is 11.6 Å². The molecule has 0 aromatic heterocycles. The van der Waals surface area contributed by atoms with Gasteiger partial charge in [-0.15, -0.1) is 0 Å². The first-order valence-corrected chi connectivity index (χ1v) is 8.12. The van der Waals surface area contributed by atoms with Gasteiger partial charge in [-0.2, -0.15) is 0 Å². The summed E-state index contributed by atoms with van der Waals surface area (Å²) in [5.41, 5.74) is -0.964. The van der Waals surface area contributed by atoms with Gasteiger partial charge in [-0.05, 0) is 36.8 Å². The van der Waals surface area contributed by atoms with Gasteiger partial charge in [0.2, 0.25) is 0 Å². The topological polar surface area (TPSA) is 65.0 Å². The minimum atomic E-state index is -1.26. The molecular weight excluding hydrogens is 320 g/mol. The summed E-state index contributed by atoms with van der Waals surface area (Å²) in [5.74, 6) is 0.240. The summed E-state index contributed by atoms with van der Waals surface area (Å²) in [6, 6.07) is 14.0. The van der Waals surface area contributed by atoms with E-state index in [1.165, 1.54) is 0 Å². The van der Waals surface area contributed by atoms with E-state index in [1.807, 2.05) is 42.5 Å². The van der Waals surface area contributed by atoms with Crippen LogP contribution in [0.15, 0.2) is 54.6 Å². The number of carbonyl (C=O) groups excluding carboxylic acids is 1. The van der Waals surface area contributed by atoms with Gasteiger partial charge in [-0.1, -0.05) is 36.9 Å². The molecule has 134 valence electrons. The molecular formula is C20H24O5. The Morgan fingerprint density at radius 1 is 1.12 bits per heavy atom. The molecule has 0 saturated heterocycles. The standard InChI is InChI=1S/C20H24O5/c1-15(2)19(21)25-14-20(3,22)13-23-10-11-24-18-9-8-16-6-4-5-7-17(16)12-18/h4-9,12,22H,1,10-11,13-14H2,2-3H3. The third-order valence-electron chi connectivity index (χ3n) is 3.49. The molecule has 0 spiro atoms. The van der Waals surface area contributed by atoms with Crippen molar-refractivity contribution in [3.8, 4) is 5.75 Å². The predicted octanol–water partition coefficient (Wildman–Crippen LogP) is 3.11.